The summed E-state index contributed by atoms with van der Waals surface area (Å²) in [7, 11) is -3.13. The Bertz CT molecular complexity index is 551. The zero-order valence-electron chi connectivity index (χ0n) is 9.14. The summed E-state index contributed by atoms with van der Waals surface area (Å²) in [4.78, 5) is 10.7. The van der Waals surface area contributed by atoms with Gasteiger partial charge in [0.05, 0.1) is 10.6 Å². The van der Waals surface area contributed by atoms with Gasteiger partial charge in [-0.1, -0.05) is 12.1 Å². The van der Waals surface area contributed by atoms with E-state index in [-0.39, 0.29) is 12.3 Å². The summed E-state index contributed by atoms with van der Waals surface area (Å²) in [6.45, 7) is 0.197. The average Bonchev–Trinajstić information content (AvgIpc) is 2.25. The van der Waals surface area contributed by atoms with Gasteiger partial charge in [0.25, 0.3) is 0 Å². The highest BCUT2D eigenvalue weighted by Crippen LogP contribution is 2.25. The highest BCUT2D eigenvalue weighted by molar-refractivity contribution is 7.91. The topological polar surface area (TPSA) is 83.5 Å². The number of rotatable bonds is 2. The molecule has 0 radical (unpaired) electrons. The third-order valence-corrected chi connectivity index (χ3v) is 4.66. The van der Waals surface area contributed by atoms with Gasteiger partial charge in [0, 0.05) is 6.54 Å². The molecular formula is C11H13NO4S. The van der Waals surface area contributed by atoms with Crippen molar-refractivity contribution in [3.63, 3.8) is 0 Å². The lowest BCUT2D eigenvalue weighted by Crippen LogP contribution is -2.21. The van der Waals surface area contributed by atoms with Crippen molar-refractivity contribution in [1.29, 1.82) is 0 Å². The standard InChI is InChI=1S/C11H13NO4S/c13-11(14)12-7-8-3-4-10-9(6-8)2-1-5-17(10,15)16/h3-4,6,12H,1-2,5,7H2,(H,13,14). The van der Waals surface area contributed by atoms with Crippen LogP contribution in [0.5, 0.6) is 0 Å². The fraction of sp³-hybridized carbons (Fsp3) is 0.364. The summed E-state index contributed by atoms with van der Waals surface area (Å²) in [5.41, 5.74) is 1.57. The van der Waals surface area contributed by atoms with Gasteiger partial charge in [-0.3, -0.25) is 0 Å². The van der Waals surface area contributed by atoms with E-state index in [4.69, 9.17) is 5.11 Å². The van der Waals surface area contributed by atoms with Crippen molar-refractivity contribution in [1.82, 2.24) is 5.32 Å². The van der Waals surface area contributed by atoms with Crippen LogP contribution in [0, 0.1) is 0 Å². The summed E-state index contributed by atoms with van der Waals surface area (Å²) in [6.07, 6.45) is 0.274. The number of fused-ring (bicyclic) bond motifs is 1. The molecule has 1 amide bonds. The van der Waals surface area contributed by atoms with Crippen molar-refractivity contribution in [2.45, 2.75) is 24.3 Å². The Morgan fingerprint density at radius 1 is 1.41 bits per heavy atom. The third-order valence-electron chi connectivity index (χ3n) is 2.76. The van der Waals surface area contributed by atoms with Crippen LogP contribution in [-0.2, 0) is 22.8 Å². The zero-order chi connectivity index (χ0) is 12.5. The number of carboxylic acid groups (broad SMARTS) is 1. The normalized spacial score (nSPS) is 17.2. The van der Waals surface area contributed by atoms with Crippen LogP contribution in [0.15, 0.2) is 23.1 Å². The maximum Gasteiger partial charge on any atom is 0.404 e. The second kappa shape index (κ2) is 4.37. The molecule has 0 aliphatic carbocycles. The van der Waals surface area contributed by atoms with E-state index in [0.29, 0.717) is 11.3 Å². The lowest BCUT2D eigenvalue weighted by molar-refractivity contribution is 0.194. The molecule has 0 aromatic heterocycles. The van der Waals surface area contributed by atoms with Crippen LogP contribution in [0.1, 0.15) is 17.5 Å². The third kappa shape index (κ3) is 2.58. The quantitative estimate of drug-likeness (QED) is 0.831. The molecule has 0 bridgehead atoms. The van der Waals surface area contributed by atoms with Gasteiger partial charge in [-0.25, -0.2) is 13.2 Å². The maximum atomic E-state index is 11.7. The van der Waals surface area contributed by atoms with Crippen molar-refractivity contribution >= 4 is 15.9 Å². The molecular weight excluding hydrogens is 242 g/mol. The number of sulfone groups is 1. The molecule has 1 heterocycles. The average molecular weight is 255 g/mol. The van der Waals surface area contributed by atoms with Crippen molar-refractivity contribution in [3.05, 3.63) is 29.3 Å². The van der Waals surface area contributed by atoms with Crippen LogP contribution >= 0.6 is 0 Å². The van der Waals surface area contributed by atoms with E-state index in [1.165, 1.54) is 0 Å². The lowest BCUT2D eigenvalue weighted by atomic mass is 10.1. The molecule has 0 saturated carbocycles. The first-order chi connectivity index (χ1) is 7.99. The number of amides is 1. The fourth-order valence-electron chi connectivity index (χ4n) is 1.98. The fourth-order valence-corrected chi connectivity index (χ4v) is 3.56. The molecule has 2 rings (SSSR count). The Balaban J connectivity index is 2.28. The van der Waals surface area contributed by atoms with Gasteiger partial charge < -0.3 is 10.4 Å². The maximum absolute atomic E-state index is 11.7. The first-order valence-corrected chi connectivity index (χ1v) is 6.95. The second-order valence-electron chi connectivity index (χ2n) is 4.02. The molecule has 0 atom stereocenters. The number of benzene rings is 1. The van der Waals surface area contributed by atoms with Gasteiger partial charge in [0.15, 0.2) is 9.84 Å². The van der Waals surface area contributed by atoms with Crippen LogP contribution in [0.3, 0.4) is 0 Å². The highest BCUT2D eigenvalue weighted by Gasteiger charge is 2.23. The van der Waals surface area contributed by atoms with Gasteiger partial charge in [0.1, 0.15) is 0 Å². The largest absolute Gasteiger partial charge is 0.465 e. The minimum atomic E-state index is -3.13. The van der Waals surface area contributed by atoms with E-state index in [0.717, 1.165) is 17.5 Å². The molecule has 2 N–H and O–H groups in total. The van der Waals surface area contributed by atoms with E-state index in [2.05, 4.69) is 5.32 Å². The van der Waals surface area contributed by atoms with Gasteiger partial charge in [-0.05, 0) is 30.0 Å². The molecule has 0 saturated heterocycles. The molecule has 1 aromatic carbocycles. The molecule has 92 valence electrons. The van der Waals surface area contributed by atoms with Gasteiger partial charge >= 0.3 is 6.09 Å². The Morgan fingerprint density at radius 3 is 2.88 bits per heavy atom. The zero-order valence-corrected chi connectivity index (χ0v) is 9.96. The number of nitrogens with one attached hydrogen (secondary N) is 1. The number of hydrogen-bond donors (Lipinski definition) is 2. The smallest absolute Gasteiger partial charge is 0.404 e. The Kier molecular flexibility index (Phi) is 3.06. The minimum Gasteiger partial charge on any atom is -0.465 e. The first-order valence-electron chi connectivity index (χ1n) is 5.30. The molecule has 6 heteroatoms. The highest BCUT2D eigenvalue weighted by atomic mass is 32.2. The van der Waals surface area contributed by atoms with E-state index >= 15 is 0 Å². The van der Waals surface area contributed by atoms with Gasteiger partial charge in [0.2, 0.25) is 0 Å². The van der Waals surface area contributed by atoms with E-state index in [1.54, 1.807) is 18.2 Å². The van der Waals surface area contributed by atoms with E-state index in [9.17, 15) is 13.2 Å². The number of hydrogen-bond acceptors (Lipinski definition) is 3. The predicted octanol–water partition coefficient (Wildman–Crippen LogP) is 1.17. The van der Waals surface area contributed by atoms with E-state index < -0.39 is 15.9 Å². The van der Waals surface area contributed by atoms with Crippen LogP contribution in [-0.4, -0.2) is 25.4 Å². The molecule has 0 unspecified atom stereocenters. The predicted molar refractivity (Wildman–Crippen MR) is 61.7 cm³/mol. The SMILES string of the molecule is O=C(O)NCc1ccc2c(c1)CCCS2(=O)=O. The minimum absolute atomic E-state index is 0.197. The molecule has 1 aromatic rings. The monoisotopic (exact) mass is 255 g/mol. The molecule has 0 spiro atoms. The first kappa shape index (κ1) is 11.9. The molecule has 0 fully saturated rings. The Hall–Kier alpha value is -1.56. The van der Waals surface area contributed by atoms with Gasteiger partial charge in [-0.15, -0.1) is 0 Å². The summed E-state index contributed by atoms with van der Waals surface area (Å²) in [5.74, 6) is 0.201. The summed E-state index contributed by atoms with van der Waals surface area (Å²) in [5, 5.41) is 10.7. The van der Waals surface area contributed by atoms with Crippen molar-refractivity contribution in [3.8, 4) is 0 Å². The van der Waals surface area contributed by atoms with Crippen LogP contribution < -0.4 is 5.32 Å². The van der Waals surface area contributed by atoms with Crippen LogP contribution in [0.4, 0.5) is 4.79 Å². The van der Waals surface area contributed by atoms with Crippen molar-refractivity contribution < 1.29 is 18.3 Å². The van der Waals surface area contributed by atoms with Gasteiger partial charge in [-0.2, -0.15) is 0 Å². The molecule has 1 aliphatic rings. The number of aryl methyl sites for hydroxylation is 1. The molecule has 1 aliphatic heterocycles. The molecule has 5 nitrogen and oxygen atoms in total. The van der Waals surface area contributed by atoms with Crippen molar-refractivity contribution in [2.75, 3.05) is 5.75 Å². The summed E-state index contributed by atoms with van der Waals surface area (Å²) >= 11 is 0. The Labute approximate surface area is 99.4 Å². The lowest BCUT2D eigenvalue weighted by Gasteiger charge is -2.17. The molecule has 17 heavy (non-hydrogen) atoms. The summed E-state index contributed by atoms with van der Waals surface area (Å²) in [6, 6.07) is 4.99. The number of carbonyl (C=O) groups is 1. The summed E-state index contributed by atoms with van der Waals surface area (Å²) < 4.78 is 23.5. The Morgan fingerprint density at radius 2 is 2.18 bits per heavy atom. The second-order valence-corrected chi connectivity index (χ2v) is 6.10. The van der Waals surface area contributed by atoms with Crippen LogP contribution in [0.25, 0.3) is 0 Å². The van der Waals surface area contributed by atoms with E-state index in [1.807, 2.05) is 0 Å². The van der Waals surface area contributed by atoms with Crippen molar-refractivity contribution in [2.24, 2.45) is 0 Å². The van der Waals surface area contributed by atoms with Crippen LogP contribution in [0.2, 0.25) is 0 Å².